The minimum absolute atomic E-state index is 0.184. The number of benzene rings is 3. The van der Waals surface area contributed by atoms with Gasteiger partial charge in [0.15, 0.2) is 0 Å². The maximum Gasteiger partial charge on any atom is 0.343 e. The van der Waals surface area contributed by atoms with Crippen LogP contribution in [0.3, 0.4) is 0 Å². The predicted octanol–water partition coefficient (Wildman–Crippen LogP) is 4.51. The monoisotopic (exact) mass is 460 g/mol. The summed E-state index contributed by atoms with van der Waals surface area (Å²) in [6, 6.07) is 17.0. The highest BCUT2D eigenvalue weighted by molar-refractivity contribution is 6.14. The molecule has 174 valence electrons. The molecule has 2 N–H and O–H groups in total. The number of hydrogen-bond donors (Lipinski definition) is 2. The molecule has 0 unspecified atom stereocenters. The van der Waals surface area contributed by atoms with Crippen molar-refractivity contribution in [2.45, 2.75) is 19.4 Å². The Morgan fingerprint density at radius 1 is 0.882 bits per heavy atom. The van der Waals surface area contributed by atoms with E-state index in [1.807, 2.05) is 6.07 Å². The molecular formula is C26H24N2O6. The van der Waals surface area contributed by atoms with E-state index in [9.17, 15) is 14.4 Å². The molecule has 0 atom stereocenters. The van der Waals surface area contributed by atoms with Gasteiger partial charge in [-0.15, -0.1) is 0 Å². The second-order valence-electron chi connectivity index (χ2n) is 8.22. The molecule has 8 nitrogen and oxygen atoms in total. The van der Waals surface area contributed by atoms with Gasteiger partial charge >= 0.3 is 11.9 Å². The number of hydrogen-bond acceptors (Lipinski definition) is 7. The van der Waals surface area contributed by atoms with Gasteiger partial charge < -0.3 is 24.8 Å². The highest BCUT2D eigenvalue weighted by Gasteiger charge is 2.36. The fourth-order valence-corrected chi connectivity index (χ4v) is 3.74. The average Bonchev–Trinajstić information content (AvgIpc) is 2.84. The molecule has 0 spiro atoms. The smallest absolute Gasteiger partial charge is 0.343 e. The van der Waals surface area contributed by atoms with Crippen LogP contribution in [0.25, 0.3) is 11.1 Å². The maximum atomic E-state index is 12.8. The molecule has 0 bridgehead atoms. The summed E-state index contributed by atoms with van der Waals surface area (Å²) in [5.74, 6) is -0.744. The molecule has 0 radical (unpaired) electrons. The molecule has 34 heavy (non-hydrogen) atoms. The van der Waals surface area contributed by atoms with Crippen molar-refractivity contribution in [1.29, 1.82) is 0 Å². The van der Waals surface area contributed by atoms with Gasteiger partial charge in [-0.1, -0.05) is 24.3 Å². The summed E-state index contributed by atoms with van der Waals surface area (Å²) in [6.45, 7) is 3.49. The first-order valence-corrected chi connectivity index (χ1v) is 10.6. The van der Waals surface area contributed by atoms with Crippen LogP contribution in [0.4, 0.5) is 11.4 Å². The lowest BCUT2D eigenvalue weighted by Crippen LogP contribution is -2.48. The standard InChI is InChI=1S/C26H24N2O6/c1-26(2)25(31)27-22-19(28-26)13-12-18(21(22)24(30)33-4)17-11-10-16(14-20(17)32-3)34-23(29)15-8-6-5-7-9-15/h5-14,28H,1-4H3,(H,27,31). The van der Waals surface area contributed by atoms with Gasteiger partial charge in [-0.05, 0) is 44.2 Å². The van der Waals surface area contributed by atoms with Gasteiger partial charge in [-0.2, -0.15) is 0 Å². The molecule has 1 amide bonds. The largest absolute Gasteiger partial charge is 0.496 e. The van der Waals surface area contributed by atoms with Gasteiger partial charge in [0.25, 0.3) is 0 Å². The molecule has 4 rings (SSSR count). The summed E-state index contributed by atoms with van der Waals surface area (Å²) < 4.78 is 16.1. The van der Waals surface area contributed by atoms with Crippen LogP contribution in [-0.4, -0.2) is 37.6 Å². The fraction of sp³-hybridized carbons (Fsp3) is 0.192. The Balaban J connectivity index is 1.77. The number of carbonyl (C=O) groups excluding carboxylic acids is 3. The average molecular weight is 460 g/mol. The summed E-state index contributed by atoms with van der Waals surface area (Å²) in [4.78, 5) is 37.8. The summed E-state index contributed by atoms with van der Waals surface area (Å²) >= 11 is 0. The third-order valence-corrected chi connectivity index (χ3v) is 5.53. The second kappa shape index (κ2) is 8.90. The molecule has 0 fully saturated rings. The van der Waals surface area contributed by atoms with E-state index in [2.05, 4.69) is 10.6 Å². The van der Waals surface area contributed by atoms with E-state index in [-0.39, 0.29) is 17.2 Å². The van der Waals surface area contributed by atoms with Gasteiger partial charge in [0, 0.05) is 17.2 Å². The molecule has 1 heterocycles. The van der Waals surface area contributed by atoms with E-state index in [0.717, 1.165) is 0 Å². The minimum Gasteiger partial charge on any atom is -0.496 e. The molecular weight excluding hydrogens is 436 g/mol. The van der Waals surface area contributed by atoms with Gasteiger partial charge in [-0.25, -0.2) is 9.59 Å². The molecule has 1 aliphatic rings. The summed E-state index contributed by atoms with van der Waals surface area (Å²) in [6.07, 6.45) is 0. The summed E-state index contributed by atoms with van der Waals surface area (Å²) in [7, 11) is 2.75. The molecule has 0 aliphatic carbocycles. The second-order valence-corrected chi connectivity index (χ2v) is 8.22. The van der Waals surface area contributed by atoms with E-state index in [4.69, 9.17) is 14.2 Å². The Kier molecular flexibility index (Phi) is 5.98. The first-order valence-electron chi connectivity index (χ1n) is 10.6. The number of amides is 1. The van der Waals surface area contributed by atoms with E-state index in [0.29, 0.717) is 33.8 Å². The third-order valence-electron chi connectivity index (χ3n) is 5.53. The van der Waals surface area contributed by atoms with E-state index >= 15 is 0 Å². The molecule has 8 heteroatoms. The van der Waals surface area contributed by atoms with Gasteiger partial charge in [-0.3, -0.25) is 4.79 Å². The van der Waals surface area contributed by atoms with Crippen LogP contribution in [0.2, 0.25) is 0 Å². The van der Waals surface area contributed by atoms with Crippen molar-refractivity contribution in [3.8, 4) is 22.6 Å². The lowest BCUT2D eigenvalue weighted by molar-refractivity contribution is -0.119. The zero-order chi connectivity index (χ0) is 24.5. The number of anilines is 2. The van der Waals surface area contributed by atoms with Crippen LogP contribution >= 0.6 is 0 Å². The maximum absolute atomic E-state index is 12.8. The lowest BCUT2D eigenvalue weighted by Gasteiger charge is -2.34. The predicted molar refractivity (Wildman–Crippen MR) is 128 cm³/mol. The first kappa shape index (κ1) is 22.8. The van der Waals surface area contributed by atoms with Crippen LogP contribution in [0.5, 0.6) is 11.5 Å². The van der Waals surface area contributed by atoms with Crippen LogP contribution in [0.15, 0.2) is 60.7 Å². The molecule has 3 aromatic rings. The first-order chi connectivity index (χ1) is 16.2. The van der Waals surface area contributed by atoms with Crippen molar-refractivity contribution in [1.82, 2.24) is 0 Å². The summed E-state index contributed by atoms with van der Waals surface area (Å²) in [5.41, 5.74) is 1.73. The normalized spacial score (nSPS) is 13.7. The third kappa shape index (κ3) is 4.17. The Labute approximate surface area is 196 Å². The topological polar surface area (TPSA) is 103 Å². The van der Waals surface area contributed by atoms with Crippen molar-refractivity contribution in [3.63, 3.8) is 0 Å². The Bertz CT molecular complexity index is 1280. The summed E-state index contributed by atoms with van der Waals surface area (Å²) in [5, 5.41) is 5.98. The fourth-order valence-electron chi connectivity index (χ4n) is 3.74. The number of ether oxygens (including phenoxy) is 3. The van der Waals surface area contributed by atoms with Crippen molar-refractivity contribution in [2.75, 3.05) is 24.9 Å². The number of methoxy groups -OCH3 is 2. The number of esters is 2. The Morgan fingerprint density at radius 3 is 2.26 bits per heavy atom. The van der Waals surface area contributed by atoms with E-state index in [1.165, 1.54) is 14.2 Å². The van der Waals surface area contributed by atoms with Crippen molar-refractivity contribution in [2.24, 2.45) is 0 Å². The number of carbonyl (C=O) groups is 3. The molecule has 3 aromatic carbocycles. The zero-order valence-corrected chi connectivity index (χ0v) is 19.2. The molecule has 0 aromatic heterocycles. The van der Waals surface area contributed by atoms with E-state index < -0.39 is 17.5 Å². The lowest BCUT2D eigenvalue weighted by atomic mass is 9.92. The number of rotatable bonds is 5. The van der Waals surface area contributed by atoms with Crippen LogP contribution in [0, 0.1) is 0 Å². The van der Waals surface area contributed by atoms with Crippen LogP contribution in [0.1, 0.15) is 34.6 Å². The zero-order valence-electron chi connectivity index (χ0n) is 19.2. The highest BCUT2D eigenvalue weighted by atomic mass is 16.5. The van der Waals surface area contributed by atoms with Crippen LogP contribution < -0.4 is 20.1 Å². The SMILES string of the molecule is COC(=O)c1c(-c2ccc(OC(=O)c3ccccc3)cc2OC)ccc2c1NC(=O)C(C)(C)N2. The van der Waals surface area contributed by atoms with Gasteiger partial charge in [0.05, 0.1) is 36.7 Å². The molecule has 1 aliphatic heterocycles. The number of nitrogens with one attached hydrogen (secondary N) is 2. The van der Waals surface area contributed by atoms with E-state index in [1.54, 1.807) is 68.4 Å². The Hall–Kier alpha value is -4.33. The molecule has 0 saturated heterocycles. The number of fused-ring (bicyclic) bond motifs is 1. The van der Waals surface area contributed by atoms with Crippen molar-refractivity contribution in [3.05, 3.63) is 71.8 Å². The highest BCUT2D eigenvalue weighted by Crippen LogP contribution is 2.43. The van der Waals surface area contributed by atoms with Gasteiger partial charge in [0.1, 0.15) is 17.0 Å². The quantitative estimate of drug-likeness (QED) is 0.427. The Morgan fingerprint density at radius 2 is 1.59 bits per heavy atom. The van der Waals surface area contributed by atoms with Crippen molar-refractivity contribution < 1.29 is 28.6 Å². The van der Waals surface area contributed by atoms with Crippen molar-refractivity contribution >= 4 is 29.2 Å². The van der Waals surface area contributed by atoms with Crippen LogP contribution in [-0.2, 0) is 9.53 Å². The molecule has 0 saturated carbocycles. The van der Waals surface area contributed by atoms with Gasteiger partial charge in [0.2, 0.25) is 5.91 Å². The minimum atomic E-state index is -0.843.